The lowest BCUT2D eigenvalue weighted by Crippen LogP contribution is -2.40. The Morgan fingerprint density at radius 2 is 1.79 bits per heavy atom. The summed E-state index contributed by atoms with van der Waals surface area (Å²) in [6, 6.07) is 14.9. The molecule has 0 saturated carbocycles. The maximum atomic E-state index is 14.8. The number of carboxylic acids is 1. The van der Waals surface area contributed by atoms with Crippen LogP contribution in [0, 0.1) is 11.6 Å². The number of hydrogen-bond acceptors (Lipinski definition) is 5. The molecule has 0 spiro atoms. The highest BCUT2D eigenvalue weighted by Gasteiger charge is 2.34. The number of nitrogens with zero attached hydrogens (tertiary/aromatic N) is 2. The molecule has 34 heavy (non-hydrogen) atoms. The number of rotatable bonds is 5. The quantitative estimate of drug-likeness (QED) is 0.385. The van der Waals surface area contributed by atoms with Crippen molar-refractivity contribution in [3.63, 3.8) is 0 Å². The summed E-state index contributed by atoms with van der Waals surface area (Å²) in [6.45, 7) is 0.417. The van der Waals surface area contributed by atoms with Crippen LogP contribution in [-0.4, -0.2) is 39.5 Å². The molecule has 1 aromatic heterocycles. The Labute approximate surface area is 197 Å². The lowest BCUT2D eigenvalue weighted by molar-refractivity contribution is -0.141. The van der Waals surface area contributed by atoms with Crippen LogP contribution in [0.1, 0.15) is 23.2 Å². The molecule has 172 valence electrons. The number of carbonyl (C=O) groups excluding carboxylic acids is 1. The summed E-state index contributed by atoms with van der Waals surface area (Å²) >= 11 is 1.23. The molecule has 6 nitrogen and oxygen atoms in total. The van der Waals surface area contributed by atoms with Crippen molar-refractivity contribution in [2.75, 3.05) is 11.9 Å². The van der Waals surface area contributed by atoms with E-state index in [1.807, 2.05) is 0 Å². The Morgan fingerprint density at radius 1 is 1.03 bits per heavy atom. The zero-order valence-corrected chi connectivity index (χ0v) is 18.6. The lowest BCUT2D eigenvalue weighted by Gasteiger charge is -2.21. The van der Waals surface area contributed by atoms with Crippen LogP contribution < -0.4 is 5.32 Å². The average Bonchev–Trinajstić information content (AvgIpc) is 3.47. The largest absolute Gasteiger partial charge is 0.480 e. The summed E-state index contributed by atoms with van der Waals surface area (Å²) in [5.41, 5.74) is 2.60. The third-order valence-electron chi connectivity index (χ3n) is 5.83. The lowest BCUT2D eigenvalue weighted by atomic mass is 10.0. The van der Waals surface area contributed by atoms with Crippen LogP contribution in [0.15, 0.2) is 60.7 Å². The predicted octanol–water partition coefficient (Wildman–Crippen LogP) is 5.67. The fourth-order valence-electron chi connectivity index (χ4n) is 4.10. The summed E-state index contributed by atoms with van der Waals surface area (Å²) in [5.74, 6) is -2.15. The van der Waals surface area contributed by atoms with E-state index in [0.717, 1.165) is 0 Å². The van der Waals surface area contributed by atoms with Gasteiger partial charge in [0.25, 0.3) is 5.91 Å². The van der Waals surface area contributed by atoms with Crippen molar-refractivity contribution < 1.29 is 23.5 Å². The maximum Gasteiger partial charge on any atom is 0.326 e. The van der Waals surface area contributed by atoms with E-state index in [0.29, 0.717) is 51.4 Å². The standard InChI is InChI=1S/C25H19F2N3O3S/c26-17-8-10-20-22(13-17)34-25(29-20)28-19-9-7-16(12-18(19)27)14-3-5-15(6-4-14)23(31)30-11-1-2-21(30)24(32)33/h3-10,12-13,21H,1-2,11H2,(H,28,29)(H,32,33)/t21-/m0/s1. The molecule has 0 bridgehead atoms. The van der Waals surface area contributed by atoms with E-state index in [1.165, 1.54) is 34.4 Å². The molecule has 0 radical (unpaired) electrons. The van der Waals surface area contributed by atoms with Gasteiger partial charge in [0, 0.05) is 12.1 Å². The molecule has 0 unspecified atom stereocenters. The van der Waals surface area contributed by atoms with Crippen molar-refractivity contribution in [3.05, 3.63) is 77.9 Å². The van der Waals surface area contributed by atoms with Crippen molar-refractivity contribution in [2.45, 2.75) is 18.9 Å². The number of amides is 1. The van der Waals surface area contributed by atoms with E-state index in [1.54, 1.807) is 42.5 Å². The normalized spacial score (nSPS) is 15.6. The second-order valence-electron chi connectivity index (χ2n) is 8.02. The first kappa shape index (κ1) is 22.0. The molecule has 2 heterocycles. The van der Waals surface area contributed by atoms with E-state index in [2.05, 4.69) is 10.3 Å². The monoisotopic (exact) mass is 479 g/mol. The molecule has 9 heteroatoms. The second-order valence-corrected chi connectivity index (χ2v) is 9.05. The van der Waals surface area contributed by atoms with Crippen molar-refractivity contribution in [1.29, 1.82) is 0 Å². The number of fused-ring (bicyclic) bond motifs is 1. The molecule has 1 amide bonds. The number of thiazole rings is 1. The minimum Gasteiger partial charge on any atom is -0.480 e. The van der Waals surface area contributed by atoms with Gasteiger partial charge >= 0.3 is 5.97 Å². The van der Waals surface area contributed by atoms with Crippen molar-refractivity contribution in [2.24, 2.45) is 0 Å². The van der Waals surface area contributed by atoms with Gasteiger partial charge in [-0.2, -0.15) is 0 Å². The van der Waals surface area contributed by atoms with E-state index >= 15 is 0 Å². The van der Waals surface area contributed by atoms with Gasteiger partial charge in [0.2, 0.25) is 0 Å². The zero-order valence-electron chi connectivity index (χ0n) is 17.8. The van der Waals surface area contributed by atoms with Gasteiger partial charge in [0.05, 0.1) is 15.9 Å². The van der Waals surface area contributed by atoms with Gasteiger partial charge in [-0.1, -0.05) is 29.5 Å². The third-order valence-corrected chi connectivity index (χ3v) is 6.76. The van der Waals surface area contributed by atoms with E-state index in [-0.39, 0.29) is 17.4 Å². The minimum atomic E-state index is -0.996. The number of halogens is 2. The van der Waals surface area contributed by atoms with Crippen LogP contribution in [0.5, 0.6) is 0 Å². The van der Waals surface area contributed by atoms with Crippen LogP contribution in [0.2, 0.25) is 0 Å². The SMILES string of the molecule is O=C(O)[C@@H]1CCCN1C(=O)c1ccc(-c2ccc(Nc3nc4ccc(F)cc4s3)c(F)c2)cc1. The summed E-state index contributed by atoms with van der Waals surface area (Å²) < 4.78 is 28.9. The van der Waals surface area contributed by atoms with Gasteiger partial charge < -0.3 is 15.3 Å². The van der Waals surface area contributed by atoms with Crippen molar-refractivity contribution >= 4 is 44.2 Å². The first-order valence-electron chi connectivity index (χ1n) is 10.7. The zero-order chi connectivity index (χ0) is 23.8. The molecular formula is C25H19F2N3O3S. The molecule has 2 N–H and O–H groups in total. The fraction of sp³-hybridized carbons (Fsp3) is 0.160. The molecule has 4 aromatic rings. The summed E-state index contributed by atoms with van der Waals surface area (Å²) in [4.78, 5) is 29.8. The second kappa shape index (κ2) is 8.83. The van der Waals surface area contributed by atoms with Gasteiger partial charge in [0.1, 0.15) is 17.7 Å². The average molecular weight is 480 g/mol. The van der Waals surface area contributed by atoms with E-state index < -0.39 is 17.8 Å². The van der Waals surface area contributed by atoms with Gasteiger partial charge in [0.15, 0.2) is 5.13 Å². The molecule has 1 fully saturated rings. The molecular weight excluding hydrogens is 460 g/mol. The van der Waals surface area contributed by atoms with Gasteiger partial charge in [-0.25, -0.2) is 18.6 Å². The van der Waals surface area contributed by atoms with Crippen LogP contribution in [0.4, 0.5) is 19.6 Å². The summed E-state index contributed by atoms with van der Waals surface area (Å²) in [6.07, 6.45) is 1.11. The Kier molecular flexibility index (Phi) is 5.70. The van der Waals surface area contributed by atoms with Crippen LogP contribution in [0.3, 0.4) is 0 Å². The van der Waals surface area contributed by atoms with Gasteiger partial charge in [-0.15, -0.1) is 0 Å². The van der Waals surface area contributed by atoms with Gasteiger partial charge in [-0.3, -0.25) is 4.79 Å². The molecule has 3 aromatic carbocycles. The van der Waals surface area contributed by atoms with Crippen LogP contribution >= 0.6 is 11.3 Å². The number of anilines is 2. The Bertz CT molecular complexity index is 1400. The molecule has 5 rings (SSSR count). The highest BCUT2D eigenvalue weighted by Crippen LogP contribution is 2.31. The number of carbonyl (C=O) groups is 2. The highest BCUT2D eigenvalue weighted by molar-refractivity contribution is 7.22. The molecule has 1 atom stereocenters. The third kappa shape index (κ3) is 4.22. The molecule has 1 aliphatic rings. The first-order chi connectivity index (χ1) is 16.4. The molecule has 0 aliphatic carbocycles. The van der Waals surface area contributed by atoms with E-state index in [4.69, 9.17) is 0 Å². The summed E-state index contributed by atoms with van der Waals surface area (Å²) in [7, 11) is 0. The first-order valence-corrected chi connectivity index (χ1v) is 11.5. The topological polar surface area (TPSA) is 82.5 Å². The minimum absolute atomic E-state index is 0.240. The number of aliphatic carboxylic acids is 1. The number of nitrogens with one attached hydrogen (secondary N) is 1. The Hall–Kier alpha value is -3.85. The number of aromatic nitrogens is 1. The smallest absolute Gasteiger partial charge is 0.326 e. The van der Waals surface area contributed by atoms with Gasteiger partial charge in [-0.05, 0) is 66.4 Å². The Balaban J connectivity index is 1.32. The van der Waals surface area contributed by atoms with Crippen molar-refractivity contribution in [1.82, 2.24) is 9.88 Å². The molecule has 1 aliphatic heterocycles. The number of benzene rings is 3. The maximum absolute atomic E-state index is 14.8. The number of hydrogen-bond donors (Lipinski definition) is 2. The fourth-order valence-corrected chi connectivity index (χ4v) is 5.00. The van der Waals surface area contributed by atoms with Crippen LogP contribution in [0.25, 0.3) is 21.3 Å². The summed E-state index contributed by atoms with van der Waals surface area (Å²) in [5, 5.41) is 12.7. The number of carboxylic acid groups (broad SMARTS) is 1. The highest BCUT2D eigenvalue weighted by atomic mass is 32.1. The Morgan fingerprint density at radius 3 is 2.53 bits per heavy atom. The van der Waals surface area contributed by atoms with Crippen molar-refractivity contribution in [3.8, 4) is 11.1 Å². The van der Waals surface area contributed by atoms with Crippen LogP contribution in [-0.2, 0) is 4.79 Å². The van der Waals surface area contributed by atoms with E-state index in [9.17, 15) is 23.5 Å². The molecule has 1 saturated heterocycles. The number of likely N-dealkylation sites (tertiary alicyclic amines) is 1. The predicted molar refractivity (Wildman–Crippen MR) is 126 cm³/mol.